The van der Waals surface area contributed by atoms with Crippen molar-refractivity contribution >= 4 is 11.9 Å². The molecule has 2 aliphatic rings. The molecule has 1 aromatic carbocycles. The lowest BCUT2D eigenvalue weighted by Gasteiger charge is -2.19. The largest absolute Gasteiger partial charge is 0.337 e. The number of nitrogens with one attached hydrogen (secondary N) is 1. The van der Waals surface area contributed by atoms with Gasteiger partial charge in [0.05, 0.1) is 0 Å². The Hall–Kier alpha value is -2.70. The zero-order valence-electron chi connectivity index (χ0n) is 15.0. The van der Waals surface area contributed by atoms with Crippen LogP contribution in [-0.2, 0) is 11.3 Å². The summed E-state index contributed by atoms with van der Waals surface area (Å²) in [6.07, 6.45) is 3.31. The van der Waals surface area contributed by atoms with Crippen molar-refractivity contribution in [2.45, 2.75) is 57.5 Å². The van der Waals surface area contributed by atoms with Gasteiger partial charge in [-0.05, 0) is 24.3 Å². The van der Waals surface area contributed by atoms with Crippen LogP contribution in [0.3, 0.4) is 0 Å². The topological polar surface area (TPSA) is 88.3 Å². The quantitative estimate of drug-likeness (QED) is 0.852. The molecule has 1 saturated carbocycles. The van der Waals surface area contributed by atoms with Crippen LogP contribution in [0.1, 0.15) is 56.9 Å². The van der Waals surface area contributed by atoms with E-state index in [2.05, 4.69) is 29.3 Å². The van der Waals surface area contributed by atoms with Crippen LogP contribution in [0.2, 0.25) is 0 Å². The summed E-state index contributed by atoms with van der Waals surface area (Å²) in [7, 11) is 0. The van der Waals surface area contributed by atoms with Crippen LogP contribution in [-0.4, -0.2) is 32.5 Å². The van der Waals surface area contributed by atoms with Crippen LogP contribution in [0.15, 0.2) is 28.8 Å². The van der Waals surface area contributed by atoms with Gasteiger partial charge in [-0.15, -0.1) is 0 Å². The molecule has 2 aromatic rings. The number of rotatable bonds is 4. The van der Waals surface area contributed by atoms with E-state index in [1.54, 1.807) is 0 Å². The molecular weight excluding hydrogens is 332 g/mol. The molecular formula is C19H22N4O3. The van der Waals surface area contributed by atoms with E-state index in [4.69, 9.17) is 4.52 Å². The fourth-order valence-corrected chi connectivity index (χ4v) is 3.73. The van der Waals surface area contributed by atoms with E-state index in [9.17, 15) is 9.59 Å². The van der Waals surface area contributed by atoms with Crippen LogP contribution >= 0.6 is 0 Å². The summed E-state index contributed by atoms with van der Waals surface area (Å²) in [5, 5.41) is 6.84. The average molecular weight is 354 g/mol. The molecule has 1 spiro atoms. The van der Waals surface area contributed by atoms with E-state index in [0.29, 0.717) is 24.6 Å². The molecule has 3 amide bonds. The summed E-state index contributed by atoms with van der Waals surface area (Å²) in [6.45, 7) is 4.27. The van der Waals surface area contributed by atoms with Crippen molar-refractivity contribution in [3.05, 3.63) is 35.7 Å². The summed E-state index contributed by atoms with van der Waals surface area (Å²) in [4.78, 5) is 30.4. The lowest BCUT2D eigenvalue weighted by molar-refractivity contribution is -0.131. The Labute approximate surface area is 151 Å². The molecule has 2 heterocycles. The smallest absolute Gasteiger partial charge is 0.325 e. The van der Waals surface area contributed by atoms with Gasteiger partial charge >= 0.3 is 6.03 Å². The molecule has 4 rings (SSSR count). The normalized spacial score (nSPS) is 19.0. The van der Waals surface area contributed by atoms with Crippen molar-refractivity contribution in [1.82, 2.24) is 20.4 Å². The van der Waals surface area contributed by atoms with Gasteiger partial charge in [-0.3, -0.25) is 9.69 Å². The van der Waals surface area contributed by atoms with E-state index in [-0.39, 0.29) is 24.4 Å². The first kappa shape index (κ1) is 16.8. The highest BCUT2D eigenvalue weighted by molar-refractivity contribution is 6.07. The molecule has 136 valence electrons. The van der Waals surface area contributed by atoms with Crippen molar-refractivity contribution in [1.29, 1.82) is 0 Å². The Balaban J connectivity index is 1.50. The van der Waals surface area contributed by atoms with Crippen LogP contribution < -0.4 is 5.32 Å². The summed E-state index contributed by atoms with van der Waals surface area (Å²) in [5.41, 5.74) is 1.36. The molecule has 1 N–H and O–H groups in total. The van der Waals surface area contributed by atoms with Crippen LogP contribution in [0, 0.1) is 0 Å². The van der Waals surface area contributed by atoms with Gasteiger partial charge < -0.3 is 9.84 Å². The molecule has 1 aliphatic heterocycles. The second-order valence-electron chi connectivity index (χ2n) is 7.40. The summed E-state index contributed by atoms with van der Waals surface area (Å²) in [6, 6.07) is 7.60. The molecule has 2 fully saturated rings. The van der Waals surface area contributed by atoms with Crippen molar-refractivity contribution < 1.29 is 14.1 Å². The Morgan fingerprint density at radius 1 is 1.19 bits per heavy atom. The number of urea groups is 1. The predicted octanol–water partition coefficient (Wildman–Crippen LogP) is 3.22. The molecule has 1 saturated heterocycles. The van der Waals surface area contributed by atoms with E-state index in [1.807, 2.05) is 24.3 Å². The van der Waals surface area contributed by atoms with Gasteiger partial charge in [0.25, 0.3) is 5.91 Å². The average Bonchev–Trinajstić information content (AvgIpc) is 3.33. The SMILES string of the molecule is CC(C)c1ccc(-c2noc(CN3C(=O)NC4(CCCC4)C3=O)n2)cc1. The second kappa shape index (κ2) is 6.23. The van der Waals surface area contributed by atoms with Crippen molar-refractivity contribution in [3.63, 3.8) is 0 Å². The predicted molar refractivity (Wildman–Crippen MR) is 94.1 cm³/mol. The van der Waals surface area contributed by atoms with Gasteiger partial charge in [-0.1, -0.05) is 56.1 Å². The molecule has 1 aliphatic carbocycles. The first-order valence-corrected chi connectivity index (χ1v) is 9.05. The number of carbonyl (C=O) groups is 2. The highest BCUT2D eigenvalue weighted by Crippen LogP contribution is 2.35. The maximum Gasteiger partial charge on any atom is 0.325 e. The zero-order chi connectivity index (χ0) is 18.3. The van der Waals surface area contributed by atoms with Crippen LogP contribution in [0.5, 0.6) is 0 Å². The number of imide groups is 1. The van der Waals surface area contributed by atoms with Crippen molar-refractivity contribution in [2.24, 2.45) is 0 Å². The standard InChI is InChI=1S/C19H22N4O3/c1-12(2)13-5-7-14(8-6-13)16-20-15(26-22-16)11-23-17(24)19(21-18(23)25)9-3-4-10-19/h5-8,12H,3-4,9-11H2,1-2H3,(H,21,25). The van der Waals surface area contributed by atoms with E-state index in [0.717, 1.165) is 18.4 Å². The van der Waals surface area contributed by atoms with E-state index < -0.39 is 5.54 Å². The number of amides is 3. The highest BCUT2D eigenvalue weighted by Gasteiger charge is 2.52. The summed E-state index contributed by atoms with van der Waals surface area (Å²) < 4.78 is 5.27. The minimum absolute atomic E-state index is 0.00347. The third-order valence-electron chi connectivity index (χ3n) is 5.30. The van der Waals surface area contributed by atoms with Gasteiger partial charge in [0, 0.05) is 5.56 Å². The van der Waals surface area contributed by atoms with Gasteiger partial charge in [-0.25, -0.2) is 4.79 Å². The molecule has 7 heteroatoms. The third-order valence-corrected chi connectivity index (χ3v) is 5.30. The van der Waals surface area contributed by atoms with E-state index >= 15 is 0 Å². The third kappa shape index (κ3) is 2.77. The number of benzene rings is 1. The lowest BCUT2D eigenvalue weighted by atomic mass is 9.98. The Morgan fingerprint density at radius 2 is 1.88 bits per heavy atom. The monoisotopic (exact) mass is 354 g/mol. The van der Waals surface area contributed by atoms with Gasteiger partial charge in [0.1, 0.15) is 12.1 Å². The first-order valence-electron chi connectivity index (χ1n) is 9.05. The summed E-state index contributed by atoms with van der Waals surface area (Å²) in [5.74, 6) is 0.984. The second-order valence-corrected chi connectivity index (χ2v) is 7.40. The van der Waals surface area contributed by atoms with Gasteiger partial charge in [-0.2, -0.15) is 4.98 Å². The number of aromatic nitrogens is 2. The Kier molecular flexibility index (Phi) is 4.01. The molecule has 26 heavy (non-hydrogen) atoms. The maximum atomic E-state index is 12.7. The zero-order valence-corrected chi connectivity index (χ0v) is 15.0. The molecule has 0 atom stereocenters. The summed E-state index contributed by atoms with van der Waals surface area (Å²) >= 11 is 0. The minimum atomic E-state index is -0.716. The van der Waals surface area contributed by atoms with Gasteiger partial charge in [0.15, 0.2) is 0 Å². The number of nitrogens with zero attached hydrogens (tertiary/aromatic N) is 3. The van der Waals surface area contributed by atoms with Crippen molar-refractivity contribution in [3.8, 4) is 11.4 Å². The molecule has 0 bridgehead atoms. The Morgan fingerprint density at radius 3 is 2.54 bits per heavy atom. The molecule has 0 unspecified atom stereocenters. The van der Waals surface area contributed by atoms with Gasteiger partial charge in [0.2, 0.25) is 11.7 Å². The van der Waals surface area contributed by atoms with Crippen molar-refractivity contribution in [2.75, 3.05) is 0 Å². The number of hydrogen-bond donors (Lipinski definition) is 1. The molecule has 0 radical (unpaired) electrons. The van der Waals surface area contributed by atoms with Crippen LogP contribution in [0.25, 0.3) is 11.4 Å². The minimum Gasteiger partial charge on any atom is -0.337 e. The Bertz CT molecular complexity index is 835. The van der Waals surface area contributed by atoms with Crippen LogP contribution in [0.4, 0.5) is 4.79 Å². The number of hydrogen-bond acceptors (Lipinski definition) is 5. The fourth-order valence-electron chi connectivity index (χ4n) is 3.73. The van der Waals surface area contributed by atoms with E-state index in [1.165, 1.54) is 10.5 Å². The number of carbonyl (C=O) groups excluding carboxylic acids is 2. The molecule has 7 nitrogen and oxygen atoms in total. The first-order chi connectivity index (χ1) is 12.5. The maximum absolute atomic E-state index is 12.7. The molecule has 1 aromatic heterocycles. The fraction of sp³-hybridized carbons (Fsp3) is 0.474. The highest BCUT2D eigenvalue weighted by atomic mass is 16.5. The lowest BCUT2D eigenvalue weighted by Crippen LogP contribution is -2.44.